The fraction of sp³-hybridized carbons (Fsp3) is 0.548. The Bertz CT molecular complexity index is 1110. The van der Waals surface area contributed by atoms with E-state index in [0.29, 0.717) is 25.8 Å². The van der Waals surface area contributed by atoms with Crippen molar-refractivity contribution < 1.29 is 23.6 Å². The molecular formula is C31H44N2O5S. The molecule has 1 unspecified atom stereocenters. The van der Waals surface area contributed by atoms with Crippen LogP contribution in [0.15, 0.2) is 54.6 Å². The normalized spacial score (nSPS) is 20.8. The molecule has 0 bridgehead atoms. The van der Waals surface area contributed by atoms with Crippen LogP contribution in [0, 0.1) is 0 Å². The first-order chi connectivity index (χ1) is 18.2. The minimum atomic E-state index is -1.49. The standard InChI is InChI=1S/C31H44N2O5S/c1-8-37-27(34)22-31(32-39(36)30(5,6)7)18-13-19-33(28(35)38-29(2,3)4)26(31)21-23-14-12-17-25(20-23)24-15-10-9-11-16-24/h9-12,14-17,20,26,32H,8,13,18-19,21-22H2,1-7H3/t26-,31-,39?/m1/s1. The smallest absolute Gasteiger partial charge is 0.410 e. The predicted octanol–water partition coefficient (Wildman–Crippen LogP) is 6.04. The molecule has 0 radical (unpaired) electrons. The maximum atomic E-state index is 13.6. The zero-order valence-corrected chi connectivity index (χ0v) is 25.2. The molecule has 1 heterocycles. The van der Waals surface area contributed by atoms with E-state index in [0.717, 1.165) is 16.7 Å². The van der Waals surface area contributed by atoms with Gasteiger partial charge in [0, 0.05) is 17.9 Å². The lowest BCUT2D eigenvalue weighted by Crippen LogP contribution is -2.69. The quantitative estimate of drug-likeness (QED) is 0.315. The number of hydrogen-bond acceptors (Lipinski definition) is 6. The van der Waals surface area contributed by atoms with Crippen LogP contribution in [0.25, 0.3) is 11.1 Å². The number of amides is 1. The second-order valence-corrected chi connectivity index (χ2v) is 14.2. The summed E-state index contributed by atoms with van der Waals surface area (Å²) in [5.74, 6) is -0.384. The fourth-order valence-corrected chi connectivity index (χ4v) is 5.92. The Labute approximate surface area is 237 Å². The van der Waals surface area contributed by atoms with E-state index in [4.69, 9.17) is 9.47 Å². The Hall–Kier alpha value is -2.55. The van der Waals surface area contributed by atoms with Gasteiger partial charge in [0.25, 0.3) is 0 Å². The summed E-state index contributed by atoms with van der Waals surface area (Å²) < 4.78 is 27.5. The van der Waals surface area contributed by atoms with E-state index in [1.165, 1.54) is 0 Å². The Morgan fingerprint density at radius 1 is 1.05 bits per heavy atom. The number of piperidine rings is 1. The molecule has 2 aromatic rings. The van der Waals surface area contributed by atoms with E-state index in [1.54, 1.807) is 11.8 Å². The minimum absolute atomic E-state index is 0.00893. The van der Waals surface area contributed by atoms with E-state index in [-0.39, 0.29) is 19.0 Å². The topological polar surface area (TPSA) is 90.9 Å². The molecule has 8 heteroatoms. The molecule has 1 aliphatic heterocycles. The predicted molar refractivity (Wildman–Crippen MR) is 157 cm³/mol. The molecular weight excluding hydrogens is 512 g/mol. The molecule has 0 aliphatic carbocycles. The van der Waals surface area contributed by atoms with Gasteiger partial charge in [0.05, 0.1) is 24.6 Å². The third kappa shape index (κ3) is 8.47. The molecule has 1 saturated heterocycles. The van der Waals surface area contributed by atoms with Crippen molar-refractivity contribution in [3.05, 3.63) is 60.2 Å². The lowest BCUT2D eigenvalue weighted by atomic mass is 9.76. The lowest BCUT2D eigenvalue weighted by molar-refractivity contribution is -0.146. The zero-order chi connectivity index (χ0) is 28.8. The number of likely N-dealkylation sites (tertiary alicyclic amines) is 1. The van der Waals surface area contributed by atoms with Crippen molar-refractivity contribution in [1.29, 1.82) is 0 Å². The van der Waals surface area contributed by atoms with Crippen molar-refractivity contribution in [3.63, 3.8) is 0 Å². The van der Waals surface area contributed by atoms with Crippen LogP contribution in [0.4, 0.5) is 4.79 Å². The number of nitrogens with zero attached hydrogens (tertiary/aromatic N) is 1. The van der Waals surface area contributed by atoms with Gasteiger partial charge < -0.3 is 18.9 Å². The number of carbonyl (C=O) groups excluding carboxylic acids is 2. The van der Waals surface area contributed by atoms with Crippen LogP contribution in [0.3, 0.4) is 0 Å². The van der Waals surface area contributed by atoms with Gasteiger partial charge in [-0.25, -0.2) is 4.79 Å². The summed E-state index contributed by atoms with van der Waals surface area (Å²) in [5.41, 5.74) is 1.51. The van der Waals surface area contributed by atoms with E-state index in [2.05, 4.69) is 29.0 Å². The number of ether oxygens (including phenoxy) is 2. The highest BCUT2D eigenvalue weighted by Crippen LogP contribution is 2.37. The lowest BCUT2D eigenvalue weighted by Gasteiger charge is -2.50. The Morgan fingerprint density at radius 3 is 2.33 bits per heavy atom. The van der Waals surface area contributed by atoms with E-state index >= 15 is 0 Å². The van der Waals surface area contributed by atoms with Crippen molar-refractivity contribution in [2.45, 2.75) is 96.1 Å². The molecule has 7 nitrogen and oxygen atoms in total. The monoisotopic (exact) mass is 556 g/mol. The molecule has 39 heavy (non-hydrogen) atoms. The average Bonchev–Trinajstić information content (AvgIpc) is 2.84. The summed E-state index contributed by atoms with van der Waals surface area (Å²) in [6, 6.07) is 17.8. The van der Waals surface area contributed by atoms with Crippen LogP contribution in [0.5, 0.6) is 0 Å². The molecule has 0 saturated carbocycles. The largest absolute Gasteiger partial charge is 0.598 e. The maximum Gasteiger partial charge on any atom is 0.410 e. The van der Waals surface area contributed by atoms with E-state index in [1.807, 2.05) is 71.9 Å². The number of nitrogens with one attached hydrogen (secondary N) is 1. The molecule has 1 N–H and O–H groups in total. The van der Waals surface area contributed by atoms with Crippen LogP contribution in [0.2, 0.25) is 0 Å². The van der Waals surface area contributed by atoms with Gasteiger partial charge in [-0.2, -0.15) is 0 Å². The van der Waals surface area contributed by atoms with Crippen LogP contribution in [-0.2, 0) is 32.1 Å². The first kappa shape index (κ1) is 31.0. The Kier molecular flexibility index (Phi) is 10.1. The van der Waals surface area contributed by atoms with E-state index < -0.39 is 39.4 Å². The summed E-state index contributed by atoms with van der Waals surface area (Å²) in [6.45, 7) is 13.7. The number of benzene rings is 2. The fourth-order valence-electron chi connectivity index (χ4n) is 4.93. The molecule has 3 rings (SSSR count). The van der Waals surface area contributed by atoms with Gasteiger partial charge in [0.2, 0.25) is 0 Å². The van der Waals surface area contributed by atoms with Crippen molar-refractivity contribution in [2.75, 3.05) is 13.2 Å². The zero-order valence-electron chi connectivity index (χ0n) is 24.4. The van der Waals surface area contributed by atoms with E-state index in [9.17, 15) is 14.1 Å². The van der Waals surface area contributed by atoms with Gasteiger partial charge in [0.1, 0.15) is 10.3 Å². The first-order valence-electron chi connectivity index (χ1n) is 13.7. The van der Waals surface area contributed by atoms with Gasteiger partial charge in [-0.1, -0.05) is 54.6 Å². The third-order valence-electron chi connectivity index (χ3n) is 6.74. The Morgan fingerprint density at radius 2 is 1.72 bits per heavy atom. The summed E-state index contributed by atoms with van der Waals surface area (Å²) >= 11 is -1.49. The average molecular weight is 557 g/mol. The SMILES string of the molecule is CCOC(=O)C[C@]1(N[S+]([O-])C(C)(C)C)CCCN(C(=O)OC(C)(C)C)[C@@H]1Cc1cccc(-c2ccccc2)c1. The number of esters is 1. The Balaban J connectivity index is 2.09. The van der Waals surface area contributed by atoms with Gasteiger partial charge in [-0.05, 0) is 84.4 Å². The van der Waals surface area contributed by atoms with Gasteiger partial charge in [0.15, 0.2) is 0 Å². The van der Waals surface area contributed by atoms with Crippen LogP contribution < -0.4 is 4.72 Å². The molecule has 214 valence electrons. The number of hydrogen-bond donors (Lipinski definition) is 1. The van der Waals surface area contributed by atoms with Crippen molar-refractivity contribution in [2.24, 2.45) is 0 Å². The highest BCUT2D eigenvalue weighted by molar-refractivity contribution is 7.90. The maximum absolute atomic E-state index is 13.6. The summed E-state index contributed by atoms with van der Waals surface area (Å²) in [5, 5.41) is 0. The van der Waals surface area contributed by atoms with Crippen molar-refractivity contribution in [1.82, 2.24) is 9.62 Å². The van der Waals surface area contributed by atoms with Crippen LogP contribution in [0.1, 0.15) is 73.3 Å². The van der Waals surface area contributed by atoms with Crippen molar-refractivity contribution in [3.8, 4) is 11.1 Å². The first-order valence-corrected chi connectivity index (χ1v) is 14.9. The van der Waals surface area contributed by atoms with Gasteiger partial charge >= 0.3 is 12.1 Å². The molecule has 1 aliphatic rings. The number of rotatable bonds is 8. The van der Waals surface area contributed by atoms with Crippen molar-refractivity contribution >= 4 is 23.4 Å². The second kappa shape index (κ2) is 12.7. The summed E-state index contributed by atoms with van der Waals surface area (Å²) in [7, 11) is 0. The van der Waals surface area contributed by atoms with Crippen LogP contribution >= 0.6 is 0 Å². The molecule has 0 aromatic heterocycles. The van der Waals surface area contributed by atoms with Crippen LogP contribution in [-0.4, -0.2) is 56.6 Å². The molecule has 3 atom stereocenters. The molecule has 1 amide bonds. The highest BCUT2D eigenvalue weighted by Gasteiger charge is 2.52. The highest BCUT2D eigenvalue weighted by atomic mass is 32.2. The second-order valence-electron chi connectivity index (χ2n) is 12.2. The molecule has 2 aromatic carbocycles. The third-order valence-corrected chi connectivity index (χ3v) is 8.45. The van der Waals surface area contributed by atoms with Gasteiger partial charge in [-0.3, -0.25) is 4.79 Å². The summed E-state index contributed by atoms with van der Waals surface area (Å²) in [6.07, 6.45) is 1.20. The summed E-state index contributed by atoms with van der Waals surface area (Å²) in [4.78, 5) is 28.3. The van der Waals surface area contributed by atoms with Gasteiger partial charge in [-0.15, -0.1) is 4.72 Å². The molecule has 0 spiro atoms. The molecule has 1 fully saturated rings. The number of carbonyl (C=O) groups is 2. The minimum Gasteiger partial charge on any atom is -0.598 e.